The molecule has 2 amide bonds. The zero-order chi connectivity index (χ0) is 20.6. The summed E-state index contributed by atoms with van der Waals surface area (Å²) >= 11 is 0. The van der Waals surface area contributed by atoms with Gasteiger partial charge >= 0.3 is 16.1 Å². The maximum Gasteiger partial charge on any atom is 0.322 e. The highest BCUT2D eigenvalue weighted by molar-refractivity contribution is 7.86. The van der Waals surface area contributed by atoms with E-state index in [1.807, 2.05) is 6.07 Å². The highest BCUT2D eigenvalue weighted by atomic mass is 32.2. The SMILES string of the molecule is COCCN(Cc1ccc(OS(C)(=O)=O)cc1)C(=O)Nc1cccc(C#N)c1. The van der Waals surface area contributed by atoms with Gasteiger partial charge in [0.25, 0.3) is 0 Å². The minimum absolute atomic E-state index is 0.201. The van der Waals surface area contributed by atoms with Gasteiger partial charge in [-0.2, -0.15) is 13.7 Å². The van der Waals surface area contributed by atoms with Gasteiger partial charge < -0.3 is 19.1 Å². The van der Waals surface area contributed by atoms with Crippen LogP contribution in [-0.2, 0) is 21.4 Å². The summed E-state index contributed by atoms with van der Waals surface area (Å²) in [5.74, 6) is 0.201. The summed E-state index contributed by atoms with van der Waals surface area (Å²) in [7, 11) is -2.05. The standard InChI is InChI=1S/C19H21N3O5S/c1-26-11-10-22(19(23)21-17-5-3-4-16(12-17)13-20)14-15-6-8-18(9-7-15)27-28(2,24)25/h3-9,12H,10-11,14H2,1-2H3,(H,21,23). The molecule has 148 valence electrons. The molecule has 2 aromatic rings. The molecule has 2 aromatic carbocycles. The lowest BCUT2D eigenvalue weighted by Gasteiger charge is -2.23. The van der Waals surface area contributed by atoms with Gasteiger partial charge in [0.15, 0.2) is 0 Å². The van der Waals surface area contributed by atoms with E-state index >= 15 is 0 Å². The van der Waals surface area contributed by atoms with Crippen molar-refractivity contribution in [2.75, 3.05) is 31.8 Å². The zero-order valence-electron chi connectivity index (χ0n) is 15.6. The molecular formula is C19H21N3O5S. The van der Waals surface area contributed by atoms with Gasteiger partial charge in [0, 0.05) is 25.9 Å². The number of carbonyl (C=O) groups is 1. The summed E-state index contributed by atoms with van der Waals surface area (Å²) in [6.07, 6.45) is 0.971. The van der Waals surface area contributed by atoms with Crippen molar-refractivity contribution in [3.05, 3.63) is 59.7 Å². The molecule has 0 aliphatic rings. The normalized spacial score (nSPS) is 10.8. The first-order chi connectivity index (χ1) is 13.3. The maximum atomic E-state index is 12.6. The summed E-state index contributed by atoms with van der Waals surface area (Å²) in [5.41, 5.74) is 1.75. The van der Waals surface area contributed by atoms with Gasteiger partial charge in [0.1, 0.15) is 5.75 Å². The Morgan fingerprint density at radius 3 is 2.54 bits per heavy atom. The number of benzene rings is 2. The molecule has 0 unspecified atom stereocenters. The molecule has 0 spiro atoms. The molecule has 0 saturated heterocycles. The number of urea groups is 1. The average molecular weight is 403 g/mol. The van der Waals surface area contributed by atoms with Crippen LogP contribution in [0.1, 0.15) is 11.1 Å². The summed E-state index contributed by atoms with van der Waals surface area (Å²) in [5, 5.41) is 11.7. The molecule has 0 aliphatic heterocycles. The van der Waals surface area contributed by atoms with Crippen LogP contribution in [0.5, 0.6) is 5.75 Å². The van der Waals surface area contributed by atoms with Gasteiger partial charge in [0.05, 0.1) is 24.5 Å². The largest absolute Gasteiger partial charge is 0.383 e. The zero-order valence-corrected chi connectivity index (χ0v) is 16.4. The number of hydrogen-bond donors (Lipinski definition) is 1. The van der Waals surface area contributed by atoms with E-state index in [0.29, 0.717) is 24.4 Å². The van der Waals surface area contributed by atoms with E-state index in [4.69, 9.17) is 14.2 Å². The number of anilines is 1. The van der Waals surface area contributed by atoms with Crippen molar-refractivity contribution in [3.63, 3.8) is 0 Å². The second-order valence-corrected chi connectivity index (χ2v) is 7.54. The van der Waals surface area contributed by atoms with Crippen molar-refractivity contribution in [2.45, 2.75) is 6.54 Å². The van der Waals surface area contributed by atoms with Crippen LogP contribution in [-0.4, -0.2) is 45.9 Å². The maximum absolute atomic E-state index is 12.6. The van der Waals surface area contributed by atoms with Crippen LogP contribution in [0.2, 0.25) is 0 Å². The Hall–Kier alpha value is -3.09. The molecule has 0 radical (unpaired) electrons. The molecule has 0 atom stereocenters. The van der Waals surface area contributed by atoms with Crippen LogP contribution >= 0.6 is 0 Å². The topological polar surface area (TPSA) is 109 Å². The van der Waals surface area contributed by atoms with Crippen LogP contribution in [0.25, 0.3) is 0 Å². The van der Waals surface area contributed by atoms with E-state index in [-0.39, 0.29) is 18.3 Å². The van der Waals surface area contributed by atoms with Gasteiger partial charge in [0.2, 0.25) is 0 Å². The lowest BCUT2D eigenvalue weighted by Crippen LogP contribution is -2.36. The van der Waals surface area contributed by atoms with Gasteiger partial charge in [-0.1, -0.05) is 18.2 Å². The molecule has 9 heteroatoms. The van der Waals surface area contributed by atoms with Crippen LogP contribution < -0.4 is 9.50 Å². The van der Waals surface area contributed by atoms with Crippen molar-refractivity contribution in [2.24, 2.45) is 0 Å². The second-order valence-electron chi connectivity index (χ2n) is 5.97. The summed E-state index contributed by atoms with van der Waals surface area (Å²) < 4.78 is 32.2. The van der Waals surface area contributed by atoms with Crippen molar-refractivity contribution >= 4 is 21.8 Å². The van der Waals surface area contributed by atoms with E-state index in [9.17, 15) is 13.2 Å². The number of rotatable bonds is 8. The van der Waals surface area contributed by atoms with Crippen molar-refractivity contribution < 1.29 is 22.1 Å². The lowest BCUT2D eigenvalue weighted by molar-refractivity contribution is 0.153. The predicted molar refractivity (Wildman–Crippen MR) is 104 cm³/mol. The number of methoxy groups -OCH3 is 1. The van der Waals surface area contributed by atoms with E-state index in [1.165, 1.54) is 12.1 Å². The molecule has 1 N–H and O–H groups in total. The van der Waals surface area contributed by atoms with Crippen molar-refractivity contribution in [1.29, 1.82) is 5.26 Å². The van der Waals surface area contributed by atoms with E-state index in [0.717, 1.165) is 11.8 Å². The summed E-state index contributed by atoms with van der Waals surface area (Å²) in [6, 6.07) is 14.7. The summed E-state index contributed by atoms with van der Waals surface area (Å²) in [6.45, 7) is 0.981. The smallest absolute Gasteiger partial charge is 0.322 e. The Bertz CT molecular complexity index is 952. The van der Waals surface area contributed by atoms with E-state index in [1.54, 1.807) is 48.4 Å². The molecule has 8 nitrogen and oxygen atoms in total. The third-order valence-electron chi connectivity index (χ3n) is 3.64. The number of amides is 2. The molecule has 0 bridgehead atoms. The molecular weight excluding hydrogens is 382 g/mol. The van der Waals surface area contributed by atoms with Crippen molar-refractivity contribution in [3.8, 4) is 11.8 Å². The Morgan fingerprint density at radius 2 is 1.93 bits per heavy atom. The van der Waals surface area contributed by atoms with Crippen molar-refractivity contribution in [1.82, 2.24) is 4.90 Å². The first-order valence-electron chi connectivity index (χ1n) is 8.34. The lowest BCUT2D eigenvalue weighted by atomic mass is 10.2. The minimum Gasteiger partial charge on any atom is -0.383 e. The third-order valence-corrected chi connectivity index (χ3v) is 4.14. The van der Waals surface area contributed by atoms with Crippen LogP contribution in [0.4, 0.5) is 10.5 Å². The van der Waals surface area contributed by atoms with E-state index < -0.39 is 10.1 Å². The second kappa shape index (κ2) is 9.73. The first kappa shape index (κ1) is 21.2. The van der Waals surface area contributed by atoms with Crippen LogP contribution in [0, 0.1) is 11.3 Å². The molecule has 0 heterocycles. The number of nitrogens with zero attached hydrogens (tertiary/aromatic N) is 2. The van der Waals surface area contributed by atoms with Crippen LogP contribution in [0.15, 0.2) is 48.5 Å². The monoisotopic (exact) mass is 403 g/mol. The van der Waals surface area contributed by atoms with Gasteiger partial charge in [-0.05, 0) is 35.9 Å². The Balaban J connectivity index is 2.09. The molecule has 28 heavy (non-hydrogen) atoms. The van der Waals surface area contributed by atoms with Crippen LogP contribution in [0.3, 0.4) is 0 Å². The third kappa shape index (κ3) is 6.90. The van der Waals surface area contributed by atoms with Gasteiger partial charge in [-0.15, -0.1) is 0 Å². The number of carbonyl (C=O) groups excluding carboxylic acids is 1. The number of ether oxygens (including phenoxy) is 1. The highest BCUT2D eigenvalue weighted by Crippen LogP contribution is 2.16. The Morgan fingerprint density at radius 1 is 1.21 bits per heavy atom. The Labute approximate surface area is 164 Å². The molecule has 0 aliphatic carbocycles. The average Bonchev–Trinajstić information content (AvgIpc) is 2.65. The summed E-state index contributed by atoms with van der Waals surface area (Å²) in [4.78, 5) is 14.2. The quantitative estimate of drug-likeness (QED) is 0.679. The highest BCUT2D eigenvalue weighted by Gasteiger charge is 2.15. The predicted octanol–water partition coefficient (Wildman–Crippen LogP) is 2.58. The fourth-order valence-corrected chi connectivity index (χ4v) is 2.83. The first-order valence-corrected chi connectivity index (χ1v) is 10.2. The van der Waals surface area contributed by atoms with Gasteiger partial charge in [-0.3, -0.25) is 0 Å². The molecule has 2 rings (SSSR count). The number of nitriles is 1. The van der Waals surface area contributed by atoms with Gasteiger partial charge in [-0.25, -0.2) is 4.79 Å². The minimum atomic E-state index is -3.59. The Kier molecular flexibility index (Phi) is 7.37. The number of hydrogen-bond acceptors (Lipinski definition) is 6. The fourth-order valence-electron chi connectivity index (χ4n) is 2.37. The molecule has 0 aromatic heterocycles. The van der Waals surface area contributed by atoms with E-state index in [2.05, 4.69) is 5.32 Å². The number of nitrogens with one attached hydrogen (secondary N) is 1. The molecule has 0 fully saturated rings. The molecule has 0 saturated carbocycles. The fraction of sp³-hybridized carbons (Fsp3) is 0.263.